The molecule has 1 fully saturated rings. The zero-order chi connectivity index (χ0) is 22.5. The highest BCUT2D eigenvalue weighted by Gasteiger charge is 2.27. The zero-order valence-electron chi connectivity index (χ0n) is 19.2. The van der Waals surface area contributed by atoms with Crippen molar-refractivity contribution in [3.05, 3.63) is 77.6 Å². The van der Waals surface area contributed by atoms with Crippen LogP contribution in [0.15, 0.2) is 60.9 Å². The van der Waals surface area contributed by atoms with E-state index in [9.17, 15) is 4.79 Å². The smallest absolute Gasteiger partial charge is 0.225 e. The molecule has 0 aliphatic carbocycles. The van der Waals surface area contributed by atoms with E-state index in [0.717, 1.165) is 36.1 Å². The molecule has 1 aliphatic heterocycles. The molecule has 1 saturated heterocycles. The van der Waals surface area contributed by atoms with Crippen LogP contribution in [0.4, 0.5) is 5.95 Å². The summed E-state index contributed by atoms with van der Waals surface area (Å²) in [4.78, 5) is 24.1. The minimum Gasteiger partial charge on any atom is -0.352 e. The predicted octanol–water partition coefficient (Wildman–Crippen LogP) is 5.11. The van der Waals surface area contributed by atoms with Gasteiger partial charge < -0.3 is 10.2 Å². The number of hydrogen-bond acceptors (Lipinski definition) is 4. The van der Waals surface area contributed by atoms with Gasteiger partial charge in [-0.15, -0.1) is 0 Å². The van der Waals surface area contributed by atoms with Crippen molar-refractivity contribution in [3.63, 3.8) is 0 Å². The van der Waals surface area contributed by atoms with E-state index < -0.39 is 0 Å². The van der Waals surface area contributed by atoms with Crippen molar-refractivity contribution in [2.45, 2.75) is 46.1 Å². The standard InChI is InChI=1S/C27H32N4O/c1-19(2)22-12-8-21(9-13-22)15-28-26(32)24-5-4-14-31(18-24)27-29-16-25(17-30-27)23-10-6-20(3)7-11-23/h6-13,16-17,19,24H,4-5,14-15,18H2,1-3H3,(H,28,32)/t24-/m1/s1. The molecule has 1 amide bonds. The molecule has 1 aromatic heterocycles. The summed E-state index contributed by atoms with van der Waals surface area (Å²) in [6.45, 7) is 8.55. The number of carbonyl (C=O) groups is 1. The molecule has 5 nitrogen and oxygen atoms in total. The largest absolute Gasteiger partial charge is 0.352 e. The highest BCUT2D eigenvalue weighted by molar-refractivity contribution is 5.79. The molecule has 2 heterocycles. The van der Waals surface area contributed by atoms with Crippen molar-refractivity contribution in [1.29, 1.82) is 0 Å². The third-order valence-electron chi connectivity index (χ3n) is 6.21. The summed E-state index contributed by atoms with van der Waals surface area (Å²) in [5.41, 5.74) is 5.79. The van der Waals surface area contributed by atoms with E-state index >= 15 is 0 Å². The lowest BCUT2D eigenvalue weighted by Gasteiger charge is -2.32. The van der Waals surface area contributed by atoms with Crippen molar-refractivity contribution in [3.8, 4) is 11.1 Å². The fraction of sp³-hybridized carbons (Fsp3) is 0.370. The highest BCUT2D eigenvalue weighted by Crippen LogP contribution is 2.23. The normalized spacial score (nSPS) is 16.2. The van der Waals surface area contributed by atoms with Crippen molar-refractivity contribution in [2.75, 3.05) is 18.0 Å². The molecular weight excluding hydrogens is 396 g/mol. The van der Waals surface area contributed by atoms with Gasteiger partial charge in [0.2, 0.25) is 11.9 Å². The Bertz CT molecular complexity index is 1030. The number of benzene rings is 2. The fourth-order valence-electron chi connectivity index (χ4n) is 4.11. The topological polar surface area (TPSA) is 58.1 Å². The van der Waals surface area contributed by atoms with Gasteiger partial charge >= 0.3 is 0 Å². The lowest BCUT2D eigenvalue weighted by atomic mass is 9.97. The average Bonchev–Trinajstić information content (AvgIpc) is 2.83. The van der Waals surface area contributed by atoms with Crippen LogP contribution in [-0.2, 0) is 11.3 Å². The summed E-state index contributed by atoms with van der Waals surface area (Å²) in [5.74, 6) is 1.28. The molecule has 2 aromatic carbocycles. The summed E-state index contributed by atoms with van der Waals surface area (Å²) >= 11 is 0. The number of nitrogens with one attached hydrogen (secondary N) is 1. The Morgan fingerprint density at radius 3 is 2.38 bits per heavy atom. The molecule has 166 valence electrons. The number of anilines is 1. The van der Waals surface area contributed by atoms with E-state index in [-0.39, 0.29) is 11.8 Å². The lowest BCUT2D eigenvalue weighted by molar-refractivity contribution is -0.125. The number of rotatable bonds is 6. The van der Waals surface area contributed by atoms with Gasteiger partial charge in [-0.1, -0.05) is 67.9 Å². The quantitative estimate of drug-likeness (QED) is 0.593. The van der Waals surface area contributed by atoms with Gasteiger partial charge in [-0.25, -0.2) is 9.97 Å². The maximum absolute atomic E-state index is 12.8. The molecule has 4 rings (SSSR count). The summed E-state index contributed by atoms with van der Waals surface area (Å²) in [5, 5.41) is 3.12. The van der Waals surface area contributed by atoms with E-state index in [1.54, 1.807) is 0 Å². The highest BCUT2D eigenvalue weighted by atomic mass is 16.1. The van der Waals surface area contributed by atoms with Crippen LogP contribution in [0.25, 0.3) is 11.1 Å². The Balaban J connectivity index is 1.34. The maximum Gasteiger partial charge on any atom is 0.225 e. The molecule has 32 heavy (non-hydrogen) atoms. The summed E-state index contributed by atoms with van der Waals surface area (Å²) in [7, 11) is 0. The van der Waals surface area contributed by atoms with E-state index in [1.807, 2.05) is 12.4 Å². The van der Waals surface area contributed by atoms with E-state index in [4.69, 9.17) is 0 Å². The Kier molecular flexibility index (Phi) is 6.84. The maximum atomic E-state index is 12.8. The van der Waals surface area contributed by atoms with Crippen molar-refractivity contribution >= 4 is 11.9 Å². The fourth-order valence-corrected chi connectivity index (χ4v) is 4.11. The van der Waals surface area contributed by atoms with Gasteiger partial charge in [0.25, 0.3) is 0 Å². The average molecular weight is 429 g/mol. The SMILES string of the molecule is Cc1ccc(-c2cnc(N3CCC[C@@H](C(=O)NCc4ccc(C(C)C)cc4)C3)nc2)cc1. The molecule has 1 N–H and O–H groups in total. The lowest BCUT2D eigenvalue weighted by Crippen LogP contribution is -2.43. The van der Waals surface area contributed by atoms with Gasteiger partial charge in [-0.05, 0) is 42.4 Å². The first-order valence-electron chi connectivity index (χ1n) is 11.5. The van der Waals surface area contributed by atoms with Crippen LogP contribution in [0.3, 0.4) is 0 Å². The zero-order valence-corrected chi connectivity index (χ0v) is 19.2. The van der Waals surface area contributed by atoms with Crippen LogP contribution >= 0.6 is 0 Å². The Morgan fingerprint density at radius 2 is 1.72 bits per heavy atom. The molecule has 1 atom stereocenters. The summed E-state index contributed by atoms with van der Waals surface area (Å²) < 4.78 is 0. The second kappa shape index (κ2) is 9.94. The molecule has 1 aliphatic rings. The van der Waals surface area contributed by atoms with Crippen LogP contribution in [0, 0.1) is 12.8 Å². The molecule has 0 unspecified atom stereocenters. The van der Waals surface area contributed by atoms with Gasteiger partial charge in [0, 0.05) is 37.6 Å². The number of nitrogens with zero attached hydrogens (tertiary/aromatic N) is 3. The second-order valence-electron chi connectivity index (χ2n) is 9.04. The number of hydrogen-bond donors (Lipinski definition) is 1. The Morgan fingerprint density at radius 1 is 1.03 bits per heavy atom. The summed E-state index contributed by atoms with van der Waals surface area (Å²) in [6, 6.07) is 16.9. The van der Waals surface area contributed by atoms with Crippen LogP contribution in [0.2, 0.25) is 0 Å². The van der Waals surface area contributed by atoms with Crippen LogP contribution in [0.1, 0.15) is 49.3 Å². The third kappa shape index (κ3) is 5.34. The van der Waals surface area contributed by atoms with Gasteiger partial charge in [0.15, 0.2) is 0 Å². The number of amides is 1. The second-order valence-corrected chi connectivity index (χ2v) is 9.04. The molecule has 5 heteroatoms. The van der Waals surface area contributed by atoms with Gasteiger partial charge in [-0.3, -0.25) is 4.79 Å². The molecule has 0 spiro atoms. The minimum absolute atomic E-state index is 0.0425. The number of carbonyl (C=O) groups excluding carboxylic acids is 1. The van der Waals surface area contributed by atoms with E-state index in [0.29, 0.717) is 25.0 Å². The Labute approximate surface area is 190 Å². The predicted molar refractivity (Wildman–Crippen MR) is 130 cm³/mol. The van der Waals surface area contributed by atoms with Crippen LogP contribution in [-0.4, -0.2) is 29.0 Å². The van der Waals surface area contributed by atoms with Crippen molar-refractivity contribution in [2.24, 2.45) is 5.92 Å². The van der Waals surface area contributed by atoms with Crippen molar-refractivity contribution < 1.29 is 4.79 Å². The number of aromatic nitrogens is 2. The summed E-state index contributed by atoms with van der Waals surface area (Å²) in [6.07, 6.45) is 5.61. The van der Waals surface area contributed by atoms with Gasteiger partial charge in [-0.2, -0.15) is 0 Å². The van der Waals surface area contributed by atoms with Crippen LogP contribution in [0.5, 0.6) is 0 Å². The first kappa shape index (κ1) is 22.0. The minimum atomic E-state index is -0.0425. The van der Waals surface area contributed by atoms with Crippen molar-refractivity contribution in [1.82, 2.24) is 15.3 Å². The number of piperidine rings is 1. The van der Waals surface area contributed by atoms with Crippen LogP contribution < -0.4 is 10.2 Å². The first-order chi connectivity index (χ1) is 15.5. The molecule has 0 saturated carbocycles. The first-order valence-corrected chi connectivity index (χ1v) is 11.5. The van der Waals surface area contributed by atoms with Gasteiger partial charge in [0.05, 0.1) is 5.92 Å². The monoisotopic (exact) mass is 428 g/mol. The molecule has 3 aromatic rings. The third-order valence-corrected chi connectivity index (χ3v) is 6.21. The molecular formula is C27H32N4O. The van der Waals surface area contributed by atoms with E-state index in [1.165, 1.54) is 11.1 Å². The molecule has 0 bridgehead atoms. The Hall–Kier alpha value is -3.21. The van der Waals surface area contributed by atoms with E-state index in [2.05, 4.69) is 89.5 Å². The molecule has 0 radical (unpaired) electrons. The number of aryl methyl sites for hydroxylation is 1. The van der Waals surface area contributed by atoms with Gasteiger partial charge in [0.1, 0.15) is 0 Å².